The summed E-state index contributed by atoms with van der Waals surface area (Å²) in [5, 5.41) is 8.93. The number of carbonyl (C=O) groups excluding carboxylic acids is 1. The van der Waals surface area contributed by atoms with Gasteiger partial charge >= 0.3 is 0 Å². The Hall–Kier alpha value is -2.17. The average Bonchev–Trinajstić information content (AvgIpc) is 3.22. The molecule has 26 heavy (non-hydrogen) atoms. The summed E-state index contributed by atoms with van der Waals surface area (Å²) in [7, 11) is 0. The second-order valence-corrected chi connectivity index (χ2v) is 7.67. The summed E-state index contributed by atoms with van der Waals surface area (Å²) in [6.45, 7) is 3.93. The van der Waals surface area contributed by atoms with Crippen molar-refractivity contribution in [3.05, 3.63) is 47.0 Å². The summed E-state index contributed by atoms with van der Waals surface area (Å²) in [6.07, 6.45) is 8.10. The fraction of sp³-hybridized carbons (Fsp3) is 0.571. The molecule has 1 aromatic heterocycles. The minimum absolute atomic E-state index is 0.111. The monoisotopic (exact) mass is 352 g/mol. The first-order chi connectivity index (χ1) is 12.7. The maximum Gasteiger partial charge on any atom is 0.223 e. The quantitative estimate of drug-likeness (QED) is 0.845. The van der Waals surface area contributed by atoms with Crippen LogP contribution in [0.4, 0.5) is 0 Å². The minimum atomic E-state index is 0.111. The lowest BCUT2D eigenvalue weighted by molar-refractivity contribution is -0.132. The van der Waals surface area contributed by atoms with Crippen LogP contribution in [-0.4, -0.2) is 32.1 Å². The molecule has 2 aromatic rings. The fourth-order valence-electron chi connectivity index (χ4n) is 4.24. The van der Waals surface area contributed by atoms with Crippen LogP contribution in [0.2, 0.25) is 0 Å². The molecule has 0 N–H and O–H groups in total. The van der Waals surface area contributed by atoms with Crippen molar-refractivity contribution < 1.29 is 4.79 Å². The molecule has 3 heterocycles. The Morgan fingerprint density at radius 2 is 1.92 bits per heavy atom. The van der Waals surface area contributed by atoms with E-state index in [2.05, 4.69) is 50.9 Å². The molecule has 5 nitrogen and oxygen atoms in total. The van der Waals surface area contributed by atoms with Gasteiger partial charge in [0.05, 0.1) is 6.04 Å². The Morgan fingerprint density at radius 1 is 1.08 bits per heavy atom. The van der Waals surface area contributed by atoms with E-state index >= 15 is 0 Å². The van der Waals surface area contributed by atoms with Crippen molar-refractivity contribution in [3.8, 4) is 0 Å². The molecule has 138 valence electrons. The highest BCUT2D eigenvalue weighted by atomic mass is 16.2. The number of amides is 1. The predicted octanol–water partition coefficient (Wildman–Crippen LogP) is 3.61. The van der Waals surface area contributed by atoms with E-state index in [4.69, 9.17) is 0 Å². The van der Waals surface area contributed by atoms with Crippen LogP contribution in [0.5, 0.6) is 0 Å². The molecule has 0 bridgehead atoms. The molecule has 1 aromatic carbocycles. The highest BCUT2D eigenvalue weighted by molar-refractivity contribution is 5.77. The van der Waals surface area contributed by atoms with Crippen LogP contribution in [0.3, 0.4) is 0 Å². The first-order valence-electron chi connectivity index (χ1n) is 9.99. The molecule has 0 radical (unpaired) electrons. The van der Waals surface area contributed by atoms with Gasteiger partial charge in [-0.15, -0.1) is 10.2 Å². The van der Waals surface area contributed by atoms with E-state index in [9.17, 15) is 4.79 Å². The predicted molar refractivity (Wildman–Crippen MR) is 101 cm³/mol. The fourth-order valence-corrected chi connectivity index (χ4v) is 4.24. The zero-order chi connectivity index (χ0) is 17.9. The molecule has 1 amide bonds. The number of hydrogen-bond donors (Lipinski definition) is 0. The third kappa shape index (κ3) is 3.53. The van der Waals surface area contributed by atoms with Crippen molar-refractivity contribution in [2.24, 2.45) is 0 Å². The molecular formula is C21H28N4O. The third-order valence-corrected chi connectivity index (χ3v) is 5.76. The van der Waals surface area contributed by atoms with Crippen LogP contribution in [0.15, 0.2) is 24.3 Å². The number of aromatic nitrogens is 3. The summed E-state index contributed by atoms with van der Waals surface area (Å²) >= 11 is 0. The van der Waals surface area contributed by atoms with E-state index in [0.717, 1.165) is 50.4 Å². The molecular weight excluding hydrogens is 324 g/mol. The lowest BCUT2D eigenvalue weighted by Crippen LogP contribution is -2.32. The lowest BCUT2D eigenvalue weighted by Gasteiger charge is -2.25. The smallest absolute Gasteiger partial charge is 0.223 e. The standard InChI is InChI=1S/C21H28N4O/c1-16-8-10-17(11-9-16)12-13-20(26)24-15-5-6-18(24)21-23-22-19-7-3-2-4-14-25(19)21/h8-11,18H,2-7,12-15H2,1H3/t18-/m1/s1. The van der Waals surface area contributed by atoms with Crippen molar-refractivity contribution in [2.45, 2.75) is 70.9 Å². The van der Waals surface area contributed by atoms with Crippen molar-refractivity contribution >= 4 is 5.91 Å². The minimum Gasteiger partial charge on any atom is -0.332 e. The van der Waals surface area contributed by atoms with Crippen molar-refractivity contribution in [2.75, 3.05) is 6.54 Å². The largest absolute Gasteiger partial charge is 0.332 e. The Kier molecular flexibility index (Phi) is 5.05. The van der Waals surface area contributed by atoms with Gasteiger partial charge < -0.3 is 9.47 Å². The number of carbonyl (C=O) groups is 1. The van der Waals surface area contributed by atoms with Gasteiger partial charge in [-0.05, 0) is 44.6 Å². The normalized spacial score (nSPS) is 20.0. The van der Waals surface area contributed by atoms with Gasteiger partial charge in [-0.2, -0.15) is 0 Å². The summed E-state index contributed by atoms with van der Waals surface area (Å²) in [5.41, 5.74) is 2.49. The first kappa shape index (κ1) is 17.3. The molecule has 0 aliphatic carbocycles. The number of fused-ring (bicyclic) bond motifs is 1. The number of likely N-dealkylation sites (tertiary alicyclic amines) is 1. The molecule has 4 rings (SSSR count). The van der Waals surface area contributed by atoms with E-state index in [1.807, 2.05) is 0 Å². The van der Waals surface area contributed by atoms with E-state index in [1.165, 1.54) is 30.4 Å². The van der Waals surface area contributed by atoms with Gasteiger partial charge in [-0.3, -0.25) is 4.79 Å². The molecule has 2 aliphatic heterocycles. The second kappa shape index (κ2) is 7.60. The van der Waals surface area contributed by atoms with Crippen LogP contribution in [0.1, 0.15) is 67.3 Å². The molecule has 2 aliphatic rings. The second-order valence-electron chi connectivity index (χ2n) is 7.67. The van der Waals surface area contributed by atoms with Crippen molar-refractivity contribution in [1.82, 2.24) is 19.7 Å². The molecule has 1 atom stereocenters. The van der Waals surface area contributed by atoms with Gasteiger partial charge in [-0.1, -0.05) is 36.2 Å². The zero-order valence-electron chi connectivity index (χ0n) is 15.7. The average molecular weight is 352 g/mol. The molecule has 1 saturated heterocycles. The van der Waals surface area contributed by atoms with Gasteiger partial charge in [0.15, 0.2) is 5.82 Å². The van der Waals surface area contributed by atoms with Gasteiger partial charge in [0.25, 0.3) is 0 Å². The topological polar surface area (TPSA) is 51.0 Å². The Labute approximate surface area is 155 Å². The molecule has 1 fully saturated rings. The van der Waals surface area contributed by atoms with Crippen LogP contribution in [0, 0.1) is 6.92 Å². The number of aryl methyl sites for hydroxylation is 3. The van der Waals surface area contributed by atoms with Crippen LogP contribution < -0.4 is 0 Å². The van der Waals surface area contributed by atoms with Crippen molar-refractivity contribution in [1.29, 1.82) is 0 Å². The van der Waals surface area contributed by atoms with Crippen LogP contribution in [-0.2, 0) is 24.2 Å². The highest BCUT2D eigenvalue weighted by Crippen LogP contribution is 2.33. The van der Waals surface area contributed by atoms with Crippen LogP contribution in [0.25, 0.3) is 0 Å². The lowest BCUT2D eigenvalue weighted by atomic mass is 10.1. The summed E-state index contributed by atoms with van der Waals surface area (Å²) in [5.74, 6) is 2.37. The number of hydrogen-bond acceptors (Lipinski definition) is 3. The summed E-state index contributed by atoms with van der Waals surface area (Å²) in [6, 6.07) is 8.60. The number of rotatable bonds is 4. The zero-order valence-corrected chi connectivity index (χ0v) is 15.7. The van der Waals surface area contributed by atoms with Gasteiger partial charge in [0.2, 0.25) is 5.91 Å². The van der Waals surface area contributed by atoms with E-state index in [1.54, 1.807) is 0 Å². The summed E-state index contributed by atoms with van der Waals surface area (Å²) in [4.78, 5) is 14.9. The van der Waals surface area contributed by atoms with Gasteiger partial charge in [0.1, 0.15) is 5.82 Å². The molecule has 0 spiro atoms. The molecule has 0 saturated carbocycles. The maximum atomic E-state index is 12.9. The van der Waals surface area contributed by atoms with Crippen LogP contribution >= 0.6 is 0 Å². The highest BCUT2D eigenvalue weighted by Gasteiger charge is 2.34. The van der Waals surface area contributed by atoms with E-state index in [-0.39, 0.29) is 11.9 Å². The van der Waals surface area contributed by atoms with Gasteiger partial charge in [-0.25, -0.2) is 0 Å². The Balaban J connectivity index is 1.45. The third-order valence-electron chi connectivity index (χ3n) is 5.76. The van der Waals surface area contributed by atoms with Crippen molar-refractivity contribution in [3.63, 3.8) is 0 Å². The van der Waals surface area contributed by atoms with E-state index < -0.39 is 0 Å². The number of benzene rings is 1. The Morgan fingerprint density at radius 3 is 2.77 bits per heavy atom. The number of nitrogens with zero attached hydrogens (tertiary/aromatic N) is 4. The SMILES string of the molecule is Cc1ccc(CCC(=O)N2CCC[C@@H]2c2nnc3n2CCCCC3)cc1. The summed E-state index contributed by atoms with van der Waals surface area (Å²) < 4.78 is 2.29. The van der Waals surface area contributed by atoms with Gasteiger partial charge in [0, 0.05) is 25.9 Å². The van der Waals surface area contributed by atoms with E-state index in [0.29, 0.717) is 6.42 Å². The molecule has 0 unspecified atom stereocenters. The first-order valence-corrected chi connectivity index (χ1v) is 9.99. The Bertz CT molecular complexity index is 765. The maximum absolute atomic E-state index is 12.9. The molecule has 5 heteroatoms.